The third kappa shape index (κ3) is 2.75. The number of fused-ring (bicyclic) bond motifs is 1. The zero-order valence-electron chi connectivity index (χ0n) is 10.9. The van der Waals surface area contributed by atoms with Crippen LogP contribution in [0.4, 0.5) is 0 Å². The smallest absolute Gasteiger partial charge is 0.231 e. The normalized spacial score (nSPS) is 21.7. The van der Waals surface area contributed by atoms with Crippen LogP contribution in [0.3, 0.4) is 0 Å². The van der Waals surface area contributed by atoms with E-state index in [0.29, 0.717) is 18.0 Å². The first-order valence-electron chi connectivity index (χ1n) is 6.61. The maximum Gasteiger partial charge on any atom is 0.231 e. The number of ether oxygens (including phenoxy) is 3. The van der Waals surface area contributed by atoms with Crippen molar-refractivity contribution in [3.05, 3.63) is 22.2 Å². The maximum atomic E-state index is 9.35. The average molecular weight is 339 g/mol. The van der Waals surface area contributed by atoms with Gasteiger partial charge in [-0.15, -0.1) is 0 Å². The molecule has 0 saturated carbocycles. The van der Waals surface area contributed by atoms with E-state index in [1.807, 2.05) is 12.1 Å². The predicted molar refractivity (Wildman–Crippen MR) is 75.6 cm³/mol. The van der Waals surface area contributed by atoms with Gasteiger partial charge in [-0.3, -0.25) is 5.32 Å². The third-order valence-corrected chi connectivity index (χ3v) is 4.07. The lowest BCUT2D eigenvalue weighted by Gasteiger charge is -2.16. The Morgan fingerprint density at radius 2 is 2.35 bits per heavy atom. The maximum absolute atomic E-state index is 9.35. The molecule has 0 spiro atoms. The number of nitrogens with zero attached hydrogens (tertiary/aromatic N) is 1. The van der Waals surface area contributed by atoms with Crippen molar-refractivity contribution in [1.82, 2.24) is 5.32 Å². The Bertz CT molecular complexity index is 538. The van der Waals surface area contributed by atoms with E-state index in [0.717, 1.165) is 29.5 Å². The molecular weight excluding hydrogens is 324 g/mol. The Morgan fingerprint density at radius 3 is 3.10 bits per heavy atom. The van der Waals surface area contributed by atoms with Crippen LogP contribution in [0.5, 0.6) is 11.5 Å². The lowest BCUT2D eigenvalue weighted by atomic mass is 10.1. The standard InChI is InChI=1S/C14H15BrN2O3/c15-11-4-9(5-13-14(11)20-8-19-13)12(6-16)17-7-10-2-1-3-18-10/h4-5,10,12,17H,1-3,7-8H2. The summed E-state index contributed by atoms with van der Waals surface area (Å²) in [6, 6.07) is 5.64. The van der Waals surface area contributed by atoms with Gasteiger partial charge in [0.15, 0.2) is 11.5 Å². The molecule has 1 saturated heterocycles. The summed E-state index contributed by atoms with van der Waals surface area (Å²) < 4.78 is 17.1. The zero-order valence-corrected chi connectivity index (χ0v) is 12.5. The van der Waals surface area contributed by atoms with Crippen molar-refractivity contribution in [2.45, 2.75) is 25.0 Å². The summed E-state index contributed by atoms with van der Waals surface area (Å²) >= 11 is 3.45. The lowest BCUT2D eigenvalue weighted by molar-refractivity contribution is 0.109. The Kier molecular flexibility index (Phi) is 4.10. The van der Waals surface area contributed by atoms with Gasteiger partial charge in [0.05, 0.1) is 16.6 Å². The van der Waals surface area contributed by atoms with Crippen LogP contribution in [0.25, 0.3) is 0 Å². The van der Waals surface area contributed by atoms with Gasteiger partial charge in [0, 0.05) is 13.2 Å². The molecule has 2 unspecified atom stereocenters. The van der Waals surface area contributed by atoms with Crippen LogP contribution in [0.1, 0.15) is 24.4 Å². The minimum atomic E-state index is -0.384. The molecule has 2 atom stereocenters. The van der Waals surface area contributed by atoms with Crippen molar-refractivity contribution >= 4 is 15.9 Å². The van der Waals surface area contributed by atoms with Gasteiger partial charge in [-0.2, -0.15) is 5.26 Å². The SMILES string of the molecule is N#CC(NCC1CCCO1)c1cc(Br)c2c(c1)OCO2. The minimum Gasteiger partial charge on any atom is -0.454 e. The van der Waals surface area contributed by atoms with Crippen LogP contribution in [-0.2, 0) is 4.74 Å². The molecular formula is C14H15BrN2O3. The molecule has 0 aromatic heterocycles. The molecule has 1 aromatic rings. The molecule has 0 aliphatic carbocycles. The number of hydrogen-bond acceptors (Lipinski definition) is 5. The van der Waals surface area contributed by atoms with E-state index in [2.05, 4.69) is 27.3 Å². The van der Waals surface area contributed by atoms with E-state index in [9.17, 15) is 5.26 Å². The van der Waals surface area contributed by atoms with E-state index in [1.54, 1.807) is 0 Å². The molecule has 2 aliphatic heterocycles. The predicted octanol–water partition coefficient (Wildman–Crippen LogP) is 2.51. The molecule has 0 bridgehead atoms. The largest absolute Gasteiger partial charge is 0.454 e. The molecule has 2 heterocycles. The lowest BCUT2D eigenvalue weighted by Crippen LogP contribution is -2.29. The van der Waals surface area contributed by atoms with Crippen molar-refractivity contribution in [1.29, 1.82) is 5.26 Å². The van der Waals surface area contributed by atoms with E-state index in [-0.39, 0.29) is 18.9 Å². The summed E-state index contributed by atoms with van der Waals surface area (Å²) in [4.78, 5) is 0. The summed E-state index contributed by atoms with van der Waals surface area (Å²) in [5.41, 5.74) is 0.863. The molecule has 5 nitrogen and oxygen atoms in total. The van der Waals surface area contributed by atoms with Crippen molar-refractivity contribution in [2.24, 2.45) is 0 Å². The molecule has 6 heteroatoms. The van der Waals surface area contributed by atoms with Gasteiger partial charge in [0.25, 0.3) is 0 Å². The van der Waals surface area contributed by atoms with Crippen LogP contribution in [0, 0.1) is 11.3 Å². The van der Waals surface area contributed by atoms with Crippen molar-refractivity contribution < 1.29 is 14.2 Å². The monoisotopic (exact) mass is 338 g/mol. The number of hydrogen-bond donors (Lipinski definition) is 1. The Balaban J connectivity index is 1.72. The van der Waals surface area contributed by atoms with Gasteiger partial charge < -0.3 is 14.2 Å². The Morgan fingerprint density at radius 1 is 1.45 bits per heavy atom. The van der Waals surface area contributed by atoms with Crippen LogP contribution in [0.15, 0.2) is 16.6 Å². The fourth-order valence-electron chi connectivity index (χ4n) is 2.45. The van der Waals surface area contributed by atoms with Crippen LogP contribution in [-0.4, -0.2) is 26.0 Å². The van der Waals surface area contributed by atoms with Crippen LogP contribution in [0.2, 0.25) is 0 Å². The number of nitriles is 1. The summed E-state index contributed by atoms with van der Waals surface area (Å²) in [7, 11) is 0. The highest BCUT2D eigenvalue weighted by atomic mass is 79.9. The highest BCUT2D eigenvalue weighted by Gasteiger charge is 2.22. The topological polar surface area (TPSA) is 63.5 Å². The van der Waals surface area contributed by atoms with Crippen molar-refractivity contribution in [3.8, 4) is 17.6 Å². The van der Waals surface area contributed by atoms with E-state index in [4.69, 9.17) is 14.2 Å². The van der Waals surface area contributed by atoms with Gasteiger partial charge in [0.1, 0.15) is 6.04 Å². The molecule has 2 aliphatic rings. The molecule has 0 amide bonds. The Labute approximate surface area is 125 Å². The van der Waals surface area contributed by atoms with E-state index in [1.165, 1.54) is 0 Å². The molecule has 1 fully saturated rings. The zero-order chi connectivity index (χ0) is 13.9. The highest BCUT2D eigenvalue weighted by Crippen LogP contribution is 2.41. The van der Waals surface area contributed by atoms with Gasteiger partial charge in [0.2, 0.25) is 6.79 Å². The molecule has 106 valence electrons. The fourth-order valence-corrected chi connectivity index (χ4v) is 3.02. The first kappa shape index (κ1) is 13.7. The number of halogens is 1. The van der Waals surface area contributed by atoms with Gasteiger partial charge in [-0.25, -0.2) is 0 Å². The molecule has 3 rings (SSSR count). The van der Waals surface area contributed by atoms with Gasteiger partial charge in [-0.05, 0) is 46.5 Å². The van der Waals surface area contributed by atoms with E-state index < -0.39 is 0 Å². The quantitative estimate of drug-likeness (QED) is 0.913. The average Bonchev–Trinajstić information content (AvgIpc) is 3.10. The van der Waals surface area contributed by atoms with Crippen molar-refractivity contribution in [3.63, 3.8) is 0 Å². The van der Waals surface area contributed by atoms with Gasteiger partial charge >= 0.3 is 0 Å². The molecule has 1 aromatic carbocycles. The fraction of sp³-hybridized carbons (Fsp3) is 0.500. The number of nitrogens with one attached hydrogen (secondary N) is 1. The number of rotatable bonds is 4. The first-order valence-corrected chi connectivity index (χ1v) is 7.41. The molecule has 20 heavy (non-hydrogen) atoms. The van der Waals surface area contributed by atoms with Crippen LogP contribution >= 0.6 is 15.9 Å². The summed E-state index contributed by atoms with van der Waals surface area (Å²) in [6.45, 7) is 1.72. The number of benzene rings is 1. The molecule has 0 radical (unpaired) electrons. The second kappa shape index (κ2) is 6.00. The summed E-state index contributed by atoms with van der Waals surface area (Å²) in [6.07, 6.45) is 2.36. The van der Waals surface area contributed by atoms with E-state index >= 15 is 0 Å². The second-order valence-electron chi connectivity index (χ2n) is 4.84. The first-order chi connectivity index (χ1) is 9.78. The highest BCUT2D eigenvalue weighted by molar-refractivity contribution is 9.10. The minimum absolute atomic E-state index is 0.211. The summed E-state index contributed by atoms with van der Waals surface area (Å²) in [5.74, 6) is 1.37. The van der Waals surface area contributed by atoms with Crippen LogP contribution < -0.4 is 14.8 Å². The third-order valence-electron chi connectivity index (χ3n) is 3.49. The molecule has 1 N–H and O–H groups in total. The Hall–Kier alpha value is -1.29. The summed E-state index contributed by atoms with van der Waals surface area (Å²) in [5, 5.41) is 12.6. The van der Waals surface area contributed by atoms with Gasteiger partial charge in [-0.1, -0.05) is 0 Å². The van der Waals surface area contributed by atoms with Crippen molar-refractivity contribution in [2.75, 3.05) is 19.9 Å². The second-order valence-corrected chi connectivity index (χ2v) is 5.70.